The van der Waals surface area contributed by atoms with Crippen LogP contribution in [0.4, 0.5) is 0 Å². The number of aromatic nitrogens is 4. The lowest BCUT2D eigenvalue weighted by Crippen LogP contribution is -2.00. The van der Waals surface area contributed by atoms with Crippen molar-refractivity contribution in [3.63, 3.8) is 0 Å². The van der Waals surface area contributed by atoms with Gasteiger partial charge in [0.05, 0.1) is 18.1 Å². The third-order valence-electron chi connectivity index (χ3n) is 2.18. The van der Waals surface area contributed by atoms with Gasteiger partial charge >= 0.3 is 0 Å². The van der Waals surface area contributed by atoms with Gasteiger partial charge in [-0.15, -0.1) is 16.7 Å². The molecule has 7 heteroatoms. The summed E-state index contributed by atoms with van der Waals surface area (Å²) in [4.78, 5) is 0. The van der Waals surface area contributed by atoms with Gasteiger partial charge in [-0.05, 0) is 6.92 Å². The number of rotatable bonds is 5. The van der Waals surface area contributed by atoms with Crippen molar-refractivity contribution in [3.8, 4) is 0 Å². The summed E-state index contributed by atoms with van der Waals surface area (Å²) in [5.41, 5.74) is 1.52. The van der Waals surface area contributed by atoms with Crippen LogP contribution in [0, 0.1) is 0 Å². The molecule has 0 spiro atoms. The molecule has 2 heterocycles. The largest absolute Gasteiger partial charge is 0.377 e. The van der Waals surface area contributed by atoms with Crippen molar-refractivity contribution in [1.29, 1.82) is 0 Å². The molecule has 2 aromatic heterocycles. The first-order chi connectivity index (χ1) is 8.19. The lowest BCUT2D eigenvalue weighted by molar-refractivity contribution is 0.155. The zero-order valence-corrected chi connectivity index (χ0v) is 10.4. The minimum atomic E-state index is -0.148. The first-order valence-electron chi connectivity index (χ1n) is 5.16. The highest BCUT2D eigenvalue weighted by Crippen LogP contribution is 2.15. The monoisotopic (exact) mass is 256 g/mol. The second-order valence-corrected chi connectivity index (χ2v) is 4.33. The maximum absolute atomic E-state index is 5.90. The van der Waals surface area contributed by atoms with Gasteiger partial charge in [0.1, 0.15) is 18.0 Å². The van der Waals surface area contributed by atoms with Crippen molar-refractivity contribution in [1.82, 2.24) is 20.2 Å². The Morgan fingerprint density at radius 1 is 1.59 bits per heavy atom. The molecule has 0 aliphatic heterocycles. The van der Waals surface area contributed by atoms with Crippen LogP contribution in [0.25, 0.3) is 0 Å². The molecule has 0 amide bonds. The van der Waals surface area contributed by atoms with Crippen LogP contribution in [0.5, 0.6) is 0 Å². The Hall–Kier alpha value is -1.40. The molecular weight excluding hydrogens is 244 g/mol. The summed E-state index contributed by atoms with van der Waals surface area (Å²) in [7, 11) is 1.60. The van der Waals surface area contributed by atoms with Gasteiger partial charge in [0, 0.05) is 13.2 Å². The van der Waals surface area contributed by atoms with Crippen molar-refractivity contribution in [2.45, 2.75) is 25.5 Å². The first-order valence-corrected chi connectivity index (χ1v) is 5.60. The van der Waals surface area contributed by atoms with Crippen LogP contribution in [0.2, 0.25) is 0 Å². The lowest BCUT2D eigenvalue weighted by Gasteiger charge is -1.94. The standard InChI is InChI=1S/C10H13ClN4O2/c1-7(11)10-5-15(14-12-10)4-8-3-9(6-16-2)17-13-8/h3,5,7H,4,6H2,1-2H3. The summed E-state index contributed by atoms with van der Waals surface area (Å²) in [5, 5.41) is 11.7. The molecule has 92 valence electrons. The number of hydrogen-bond donors (Lipinski definition) is 0. The van der Waals surface area contributed by atoms with Crippen molar-refractivity contribution < 1.29 is 9.26 Å². The minimum absolute atomic E-state index is 0.148. The summed E-state index contributed by atoms with van der Waals surface area (Å²) in [6.07, 6.45) is 1.79. The number of methoxy groups -OCH3 is 1. The van der Waals surface area contributed by atoms with Crippen LogP contribution in [-0.2, 0) is 17.9 Å². The van der Waals surface area contributed by atoms with E-state index in [0.29, 0.717) is 18.9 Å². The third kappa shape index (κ3) is 3.04. The van der Waals surface area contributed by atoms with Gasteiger partial charge in [-0.3, -0.25) is 0 Å². The predicted molar refractivity (Wildman–Crippen MR) is 60.6 cm³/mol. The molecular formula is C10H13ClN4O2. The number of nitrogens with zero attached hydrogens (tertiary/aromatic N) is 4. The van der Waals surface area contributed by atoms with E-state index in [-0.39, 0.29) is 5.38 Å². The van der Waals surface area contributed by atoms with Gasteiger partial charge in [0.2, 0.25) is 0 Å². The molecule has 0 N–H and O–H groups in total. The summed E-state index contributed by atoms with van der Waals surface area (Å²) >= 11 is 5.90. The Morgan fingerprint density at radius 3 is 3.06 bits per heavy atom. The molecule has 0 bridgehead atoms. The number of ether oxygens (including phenoxy) is 1. The number of alkyl halides is 1. The van der Waals surface area contributed by atoms with Crippen LogP contribution in [0.1, 0.15) is 29.4 Å². The van der Waals surface area contributed by atoms with E-state index < -0.39 is 0 Å². The molecule has 0 saturated carbocycles. The summed E-state index contributed by atoms with van der Waals surface area (Å²) in [5.74, 6) is 0.688. The summed E-state index contributed by atoms with van der Waals surface area (Å²) in [6.45, 7) is 2.76. The van der Waals surface area contributed by atoms with E-state index in [2.05, 4.69) is 15.5 Å². The zero-order chi connectivity index (χ0) is 12.3. The van der Waals surface area contributed by atoms with Crippen molar-refractivity contribution in [2.24, 2.45) is 0 Å². The van der Waals surface area contributed by atoms with Gasteiger partial charge in [0.15, 0.2) is 5.76 Å². The van der Waals surface area contributed by atoms with Crippen molar-refractivity contribution >= 4 is 11.6 Å². The van der Waals surface area contributed by atoms with Gasteiger partial charge in [-0.2, -0.15) is 0 Å². The predicted octanol–water partition coefficient (Wildman–Crippen LogP) is 1.76. The number of hydrogen-bond acceptors (Lipinski definition) is 5. The average Bonchev–Trinajstić information content (AvgIpc) is 2.89. The van der Waals surface area contributed by atoms with Crippen LogP contribution in [0.15, 0.2) is 16.8 Å². The third-order valence-corrected chi connectivity index (χ3v) is 2.41. The van der Waals surface area contributed by atoms with E-state index in [4.69, 9.17) is 20.9 Å². The molecule has 0 aliphatic carbocycles. The zero-order valence-electron chi connectivity index (χ0n) is 9.63. The molecule has 1 unspecified atom stereocenters. The van der Waals surface area contributed by atoms with Gasteiger partial charge < -0.3 is 9.26 Å². The molecule has 0 aromatic carbocycles. The van der Waals surface area contributed by atoms with Gasteiger partial charge in [0.25, 0.3) is 0 Å². The molecule has 6 nitrogen and oxygen atoms in total. The Balaban J connectivity index is 2.03. The molecule has 2 aromatic rings. The lowest BCUT2D eigenvalue weighted by atomic mass is 10.3. The fourth-order valence-corrected chi connectivity index (χ4v) is 1.48. The maximum Gasteiger partial charge on any atom is 0.162 e. The average molecular weight is 257 g/mol. The van der Waals surface area contributed by atoms with Crippen LogP contribution in [0.3, 0.4) is 0 Å². The Morgan fingerprint density at radius 2 is 2.41 bits per heavy atom. The smallest absolute Gasteiger partial charge is 0.162 e. The number of halogens is 1. The second kappa shape index (κ2) is 5.29. The summed E-state index contributed by atoms with van der Waals surface area (Å²) < 4.78 is 11.7. The highest BCUT2D eigenvalue weighted by atomic mass is 35.5. The van der Waals surface area contributed by atoms with Crippen molar-refractivity contribution in [2.75, 3.05) is 7.11 Å². The van der Waals surface area contributed by atoms with Crippen LogP contribution in [-0.4, -0.2) is 27.3 Å². The molecule has 0 fully saturated rings. The summed E-state index contributed by atoms with van der Waals surface area (Å²) in [6, 6.07) is 1.83. The molecule has 0 saturated heterocycles. The molecule has 1 atom stereocenters. The normalized spacial score (nSPS) is 12.9. The maximum atomic E-state index is 5.90. The SMILES string of the molecule is COCc1cc(Cn2cc(C(C)Cl)nn2)no1. The first kappa shape index (κ1) is 12.1. The molecule has 0 radical (unpaired) electrons. The Labute approximate surface area is 103 Å². The van der Waals surface area contributed by atoms with Crippen LogP contribution >= 0.6 is 11.6 Å². The highest BCUT2D eigenvalue weighted by Gasteiger charge is 2.09. The Kier molecular flexibility index (Phi) is 3.75. The van der Waals surface area contributed by atoms with Crippen LogP contribution < -0.4 is 0 Å². The highest BCUT2D eigenvalue weighted by molar-refractivity contribution is 6.20. The molecule has 17 heavy (non-hydrogen) atoms. The van der Waals surface area contributed by atoms with Gasteiger partial charge in [-0.25, -0.2) is 4.68 Å². The fourth-order valence-electron chi connectivity index (χ4n) is 1.38. The second-order valence-electron chi connectivity index (χ2n) is 3.67. The van der Waals surface area contributed by atoms with E-state index in [1.165, 1.54) is 0 Å². The van der Waals surface area contributed by atoms with Crippen molar-refractivity contribution in [3.05, 3.63) is 29.4 Å². The molecule has 0 aliphatic rings. The van der Waals surface area contributed by atoms with E-state index in [9.17, 15) is 0 Å². The topological polar surface area (TPSA) is 66.0 Å². The van der Waals surface area contributed by atoms with E-state index in [1.54, 1.807) is 18.0 Å². The quantitative estimate of drug-likeness (QED) is 0.763. The Bertz CT molecular complexity index is 480. The van der Waals surface area contributed by atoms with Gasteiger partial charge in [-0.1, -0.05) is 10.4 Å². The fraction of sp³-hybridized carbons (Fsp3) is 0.500. The van der Waals surface area contributed by atoms with E-state index >= 15 is 0 Å². The minimum Gasteiger partial charge on any atom is -0.377 e. The molecule has 2 rings (SSSR count). The van der Waals surface area contributed by atoms with E-state index in [0.717, 1.165) is 11.4 Å². The van der Waals surface area contributed by atoms with E-state index in [1.807, 2.05) is 13.0 Å².